The molecule has 2 aromatic heterocycles. The van der Waals surface area contributed by atoms with Gasteiger partial charge in [0.05, 0.1) is 12.0 Å². The molecule has 0 N–H and O–H groups in total. The van der Waals surface area contributed by atoms with E-state index < -0.39 is 0 Å². The van der Waals surface area contributed by atoms with Gasteiger partial charge in [-0.3, -0.25) is 4.57 Å². The van der Waals surface area contributed by atoms with Crippen molar-refractivity contribution < 1.29 is 4.74 Å². The minimum absolute atomic E-state index is 0.0734. The normalized spacial score (nSPS) is 19.1. The standard InChI is InChI=1S/C16H25N5O/c1-3-20(4-2)9-8-13-15-16(18-11-17-13)21(12-19-15)14-7-5-6-10-22-14/h11-12,14H,3-10H2,1-2H3. The second-order valence-corrected chi connectivity index (χ2v) is 5.74. The minimum Gasteiger partial charge on any atom is -0.358 e. The van der Waals surface area contributed by atoms with Crippen LogP contribution in [0, 0.1) is 0 Å². The third-order valence-electron chi connectivity index (χ3n) is 4.46. The first kappa shape index (κ1) is 15.4. The predicted molar refractivity (Wildman–Crippen MR) is 85.7 cm³/mol. The average Bonchev–Trinajstić information content (AvgIpc) is 3.01. The van der Waals surface area contributed by atoms with Crippen molar-refractivity contribution in [3.8, 4) is 0 Å². The molecule has 0 amide bonds. The van der Waals surface area contributed by atoms with Crippen LogP contribution in [-0.4, -0.2) is 50.7 Å². The van der Waals surface area contributed by atoms with E-state index in [2.05, 4.69) is 38.3 Å². The van der Waals surface area contributed by atoms with Gasteiger partial charge in [-0.25, -0.2) is 15.0 Å². The summed E-state index contributed by atoms with van der Waals surface area (Å²) >= 11 is 0. The predicted octanol–water partition coefficient (Wildman–Crippen LogP) is 2.41. The number of hydrogen-bond donors (Lipinski definition) is 0. The molecule has 3 heterocycles. The second-order valence-electron chi connectivity index (χ2n) is 5.74. The van der Waals surface area contributed by atoms with E-state index in [1.54, 1.807) is 6.33 Å². The molecule has 1 saturated heterocycles. The summed E-state index contributed by atoms with van der Waals surface area (Å²) in [5, 5.41) is 0. The van der Waals surface area contributed by atoms with E-state index in [0.717, 1.165) is 62.4 Å². The lowest BCUT2D eigenvalue weighted by atomic mass is 10.2. The summed E-state index contributed by atoms with van der Waals surface area (Å²) in [6, 6.07) is 0. The monoisotopic (exact) mass is 303 g/mol. The number of aromatic nitrogens is 4. The van der Waals surface area contributed by atoms with Gasteiger partial charge in [0.2, 0.25) is 0 Å². The fourth-order valence-electron chi connectivity index (χ4n) is 3.04. The maximum atomic E-state index is 5.86. The van der Waals surface area contributed by atoms with Crippen LogP contribution in [0.5, 0.6) is 0 Å². The van der Waals surface area contributed by atoms with Gasteiger partial charge in [0.15, 0.2) is 5.65 Å². The average molecular weight is 303 g/mol. The van der Waals surface area contributed by atoms with Crippen molar-refractivity contribution in [3.05, 3.63) is 18.3 Å². The molecule has 0 bridgehead atoms. The molecule has 0 spiro atoms. The topological polar surface area (TPSA) is 56.1 Å². The van der Waals surface area contributed by atoms with Gasteiger partial charge >= 0.3 is 0 Å². The molecule has 0 aromatic carbocycles. The summed E-state index contributed by atoms with van der Waals surface area (Å²) in [5.41, 5.74) is 2.85. The van der Waals surface area contributed by atoms with Crippen molar-refractivity contribution in [3.63, 3.8) is 0 Å². The highest BCUT2D eigenvalue weighted by Crippen LogP contribution is 2.26. The third kappa shape index (κ3) is 3.13. The van der Waals surface area contributed by atoms with Crippen molar-refractivity contribution in [1.29, 1.82) is 0 Å². The molecule has 0 radical (unpaired) electrons. The first-order valence-electron chi connectivity index (χ1n) is 8.33. The van der Waals surface area contributed by atoms with Gasteiger partial charge in [-0.2, -0.15) is 0 Å². The SMILES string of the molecule is CCN(CC)CCc1ncnc2c1ncn2C1CCCCO1. The molecule has 0 aliphatic carbocycles. The lowest BCUT2D eigenvalue weighted by Crippen LogP contribution is -2.25. The Kier molecular flexibility index (Phi) is 5.00. The molecule has 0 saturated carbocycles. The van der Waals surface area contributed by atoms with Crippen LogP contribution in [0.4, 0.5) is 0 Å². The van der Waals surface area contributed by atoms with E-state index in [9.17, 15) is 0 Å². The van der Waals surface area contributed by atoms with Crippen molar-refractivity contribution in [2.75, 3.05) is 26.2 Å². The van der Waals surface area contributed by atoms with Crippen LogP contribution in [0.15, 0.2) is 12.7 Å². The van der Waals surface area contributed by atoms with Gasteiger partial charge in [0.1, 0.15) is 18.1 Å². The number of fused-ring (bicyclic) bond motifs is 1. The van der Waals surface area contributed by atoms with Gasteiger partial charge in [0.25, 0.3) is 0 Å². The molecular weight excluding hydrogens is 278 g/mol. The lowest BCUT2D eigenvalue weighted by molar-refractivity contribution is -0.0298. The molecule has 3 rings (SSSR count). The highest BCUT2D eigenvalue weighted by molar-refractivity contribution is 5.73. The van der Waals surface area contributed by atoms with Crippen LogP contribution in [-0.2, 0) is 11.2 Å². The fraction of sp³-hybridized carbons (Fsp3) is 0.688. The van der Waals surface area contributed by atoms with E-state index in [1.165, 1.54) is 6.42 Å². The van der Waals surface area contributed by atoms with Gasteiger partial charge in [-0.15, -0.1) is 0 Å². The van der Waals surface area contributed by atoms with Crippen molar-refractivity contribution >= 4 is 11.2 Å². The lowest BCUT2D eigenvalue weighted by Gasteiger charge is -2.23. The first-order valence-corrected chi connectivity index (χ1v) is 8.33. The summed E-state index contributed by atoms with van der Waals surface area (Å²) < 4.78 is 7.92. The number of hydrogen-bond acceptors (Lipinski definition) is 5. The molecule has 1 aliphatic heterocycles. The Bertz CT molecular complexity index is 602. The molecule has 1 unspecified atom stereocenters. The van der Waals surface area contributed by atoms with Gasteiger partial charge in [0, 0.05) is 19.6 Å². The highest BCUT2D eigenvalue weighted by atomic mass is 16.5. The van der Waals surface area contributed by atoms with Crippen molar-refractivity contribution in [2.45, 2.75) is 45.8 Å². The van der Waals surface area contributed by atoms with Crippen LogP contribution < -0.4 is 0 Å². The van der Waals surface area contributed by atoms with E-state index in [1.807, 2.05) is 6.33 Å². The van der Waals surface area contributed by atoms with Crippen LogP contribution >= 0.6 is 0 Å². The summed E-state index contributed by atoms with van der Waals surface area (Å²) in [7, 11) is 0. The Labute approximate surface area is 131 Å². The van der Waals surface area contributed by atoms with Crippen LogP contribution in [0.2, 0.25) is 0 Å². The van der Waals surface area contributed by atoms with Crippen molar-refractivity contribution in [2.24, 2.45) is 0 Å². The molecule has 6 nitrogen and oxygen atoms in total. The molecular formula is C16H25N5O. The first-order chi connectivity index (χ1) is 10.8. The van der Waals surface area contributed by atoms with Crippen LogP contribution in [0.25, 0.3) is 11.2 Å². The van der Waals surface area contributed by atoms with Crippen LogP contribution in [0.1, 0.15) is 45.0 Å². The van der Waals surface area contributed by atoms with Crippen molar-refractivity contribution in [1.82, 2.24) is 24.4 Å². The highest BCUT2D eigenvalue weighted by Gasteiger charge is 2.20. The number of ether oxygens (including phenoxy) is 1. The zero-order chi connectivity index (χ0) is 15.4. The van der Waals surface area contributed by atoms with Gasteiger partial charge < -0.3 is 9.64 Å². The maximum Gasteiger partial charge on any atom is 0.165 e. The molecule has 2 aromatic rings. The smallest absolute Gasteiger partial charge is 0.165 e. The van der Waals surface area contributed by atoms with E-state index >= 15 is 0 Å². The zero-order valence-corrected chi connectivity index (χ0v) is 13.5. The summed E-state index contributed by atoms with van der Waals surface area (Å²) in [4.78, 5) is 15.9. The summed E-state index contributed by atoms with van der Waals surface area (Å²) in [6.07, 6.45) is 7.87. The van der Waals surface area contributed by atoms with E-state index in [0.29, 0.717) is 0 Å². The Morgan fingerprint density at radius 2 is 2.09 bits per heavy atom. The Hall–Kier alpha value is -1.53. The molecule has 1 aliphatic rings. The number of nitrogens with zero attached hydrogens (tertiary/aromatic N) is 5. The Balaban J connectivity index is 1.82. The molecule has 1 atom stereocenters. The number of likely N-dealkylation sites (N-methyl/N-ethyl adjacent to an activating group) is 1. The third-order valence-corrected chi connectivity index (χ3v) is 4.46. The molecule has 6 heteroatoms. The largest absolute Gasteiger partial charge is 0.358 e. The quantitative estimate of drug-likeness (QED) is 0.820. The molecule has 120 valence electrons. The second kappa shape index (κ2) is 7.15. The number of rotatable bonds is 6. The van der Waals surface area contributed by atoms with E-state index in [4.69, 9.17) is 4.74 Å². The van der Waals surface area contributed by atoms with Crippen LogP contribution in [0.3, 0.4) is 0 Å². The fourth-order valence-corrected chi connectivity index (χ4v) is 3.04. The Morgan fingerprint density at radius 1 is 1.23 bits per heavy atom. The van der Waals surface area contributed by atoms with Gasteiger partial charge in [-0.1, -0.05) is 13.8 Å². The van der Waals surface area contributed by atoms with E-state index in [-0.39, 0.29) is 6.23 Å². The number of imidazole rings is 1. The minimum atomic E-state index is 0.0734. The van der Waals surface area contributed by atoms with Gasteiger partial charge in [-0.05, 0) is 32.4 Å². The zero-order valence-electron chi connectivity index (χ0n) is 13.5. The summed E-state index contributed by atoms with van der Waals surface area (Å²) in [5.74, 6) is 0. The Morgan fingerprint density at radius 3 is 2.82 bits per heavy atom. The summed E-state index contributed by atoms with van der Waals surface area (Å²) in [6.45, 7) is 8.34. The maximum absolute atomic E-state index is 5.86. The molecule has 22 heavy (non-hydrogen) atoms. The molecule has 1 fully saturated rings.